The number of benzene rings is 1. The summed E-state index contributed by atoms with van der Waals surface area (Å²) in [4.78, 5) is 0. The van der Waals surface area contributed by atoms with E-state index in [0.29, 0.717) is 18.3 Å². The third kappa shape index (κ3) is 3.38. The molecule has 0 aromatic heterocycles. The van der Waals surface area contributed by atoms with Crippen LogP contribution < -0.4 is 5.32 Å². The van der Waals surface area contributed by atoms with Crippen molar-refractivity contribution < 1.29 is 5.11 Å². The lowest BCUT2D eigenvalue weighted by molar-refractivity contribution is 0.458. The van der Waals surface area contributed by atoms with Crippen LogP contribution in [0.1, 0.15) is 30.0 Å². The molecule has 88 valence electrons. The Kier molecular flexibility index (Phi) is 4.56. The van der Waals surface area contributed by atoms with Gasteiger partial charge in [0.15, 0.2) is 0 Å². The second-order valence-corrected chi connectivity index (χ2v) is 4.37. The molecule has 1 rings (SSSR count). The predicted octanol–water partition coefficient (Wildman–Crippen LogP) is 3.06. The number of hydrogen-bond donors (Lipinski definition) is 2. The molecule has 0 aliphatic rings. The Balaban J connectivity index is 2.67. The molecule has 0 bridgehead atoms. The third-order valence-corrected chi connectivity index (χ3v) is 2.86. The van der Waals surface area contributed by atoms with Gasteiger partial charge in [-0.25, -0.2) is 0 Å². The normalized spacial score (nSPS) is 12.4. The van der Waals surface area contributed by atoms with Gasteiger partial charge in [-0.3, -0.25) is 0 Å². The van der Waals surface area contributed by atoms with Gasteiger partial charge in [0, 0.05) is 18.2 Å². The van der Waals surface area contributed by atoms with E-state index in [-0.39, 0.29) is 0 Å². The Labute approximate surface area is 98.0 Å². The van der Waals surface area contributed by atoms with Gasteiger partial charge in [0.25, 0.3) is 0 Å². The average molecular weight is 219 g/mol. The van der Waals surface area contributed by atoms with Gasteiger partial charge in [0.2, 0.25) is 0 Å². The van der Waals surface area contributed by atoms with Gasteiger partial charge in [0.1, 0.15) is 5.75 Å². The van der Waals surface area contributed by atoms with Crippen molar-refractivity contribution in [2.45, 2.75) is 39.8 Å². The molecule has 1 atom stereocenters. The van der Waals surface area contributed by atoms with Crippen molar-refractivity contribution in [3.8, 4) is 5.75 Å². The summed E-state index contributed by atoms with van der Waals surface area (Å²) in [5.74, 6) is 0.376. The molecule has 0 saturated carbocycles. The van der Waals surface area contributed by atoms with Crippen LogP contribution in [0.5, 0.6) is 5.75 Å². The highest BCUT2D eigenvalue weighted by molar-refractivity contribution is 5.40. The smallest absolute Gasteiger partial charge is 0.120 e. The molecule has 0 aliphatic heterocycles. The first-order valence-corrected chi connectivity index (χ1v) is 5.68. The maximum atomic E-state index is 9.80. The summed E-state index contributed by atoms with van der Waals surface area (Å²) in [7, 11) is 0. The number of phenols is 1. The molecule has 2 heteroatoms. The van der Waals surface area contributed by atoms with Crippen LogP contribution in [0.15, 0.2) is 24.8 Å². The molecule has 0 spiro atoms. The van der Waals surface area contributed by atoms with Gasteiger partial charge in [-0.05, 0) is 44.4 Å². The first kappa shape index (κ1) is 12.8. The number of aromatic hydroxyl groups is 1. The number of hydrogen-bond acceptors (Lipinski definition) is 2. The van der Waals surface area contributed by atoms with Crippen molar-refractivity contribution in [1.29, 1.82) is 0 Å². The summed E-state index contributed by atoms with van der Waals surface area (Å²) in [6.45, 7) is 10.6. The topological polar surface area (TPSA) is 32.3 Å². The van der Waals surface area contributed by atoms with Crippen molar-refractivity contribution >= 4 is 0 Å². The summed E-state index contributed by atoms with van der Waals surface area (Å²) in [5, 5.41) is 13.2. The summed E-state index contributed by atoms with van der Waals surface area (Å²) in [6.07, 6.45) is 2.84. The van der Waals surface area contributed by atoms with Gasteiger partial charge < -0.3 is 10.4 Å². The third-order valence-electron chi connectivity index (χ3n) is 2.86. The molecule has 1 aromatic carbocycles. The molecule has 1 aromatic rings. The number of aryl methyl sites for hydroxylation is 2. The zero-order valence-corrected chi connectivity index (χ0v) is 10.4. The zero-order chi connectivity index (χ0) is 12.1. The largest absolute Gasteiger partial charge is 0.508 e. The molecule has 16 heavy (non-hydrogen) atoms. The number of rotatable bonds is 5. The Bertz CT molecular complexity index is 371. The van der Waals surface area contributed by atoms with E-state index in [4.69, 9.17) is 0 Å². The van der Waals surface area contributed by atoms with Crippen molar-refractivity contribution in [2.75, 3.05) is 0 Å². The van der Waals surface area contributed by atoms with Gasteiger partial charge in [-0.2, -0.15) is 0 Å². The molecule has 0 saturated heterocycles. The second kappa shape index (κ2) is 5.71. The molecule has 0 fully saturated rings. The molecular formula is C14H21NO. The lowest BCUT2D eigenvalue weighted by atomic mass is 10.0. The van der Waals surface area contributed by atoms with Crippen molar-refractivity contribution in [2.24, 2.45) is 0 Å². The summed E-state index contributed by atoms with van der Waals surface area (Å²) in [6, 6.07) is 4.25. The second-order valence-electron chi connectivity index (χ2n) is 4.37. The summed E-state index contributed by atoms with van der Waals surface area (Å²) < 4.78 is 0. The van der Waals surface area contributed by atoms with Crippen LogP contribution in [-0.4, -0.2) is 11.1 Å². The minimum Gasteiger partial charge on any atom is -0.508 e. The fraction of sp³-hybridized carbons (Fsp3) is 0.429. The molecule has 2 N–H and O–H groups in total. The van der Waals surface area contributed by atoms with Crippen LogP contribution in [0.25, 0.3) is 0 Å². The zero-order valence-electron chi connectivity index (χ0n) is 10.4. The first-order chi connectivity index (χ1) is 7.54. The number of nitrogens with one attached hydrogen (secondary N) is 1. The van der Waals surface area contributed by atoms with E-state index in [2.05, 4.69) is 25.7 Å². The summed E-state index contributed by atoms with van der Waals surface area (Å²) in [5.41, 5.74) is 3.30. The van der Waals surface area contributed by atoms with Crippen LogP contribution in [-0.2, 0) is 6.54 Å². The van der Waals surface area contributed by atoms with E-state index in [1.165, 1.54) is 5.56 Å². The highest BCUT2D eigenvalue weighted by atomic mass is 16.3. The van der Waals surface area contributed by atoms with Crippen molar-refractivity contribution in [3.63, 3.8) is 0 Å². The molecule has 0 amide bonds. The maximum Gasteiger partial charge on any atom is 0.120 e. The average Bonchev–Trinajstić information content (AvgIpc) is 2.22. The van der Waals surface area contributed by atoms with E-state index in [1.54, 1.807) is 0 Å². The maximum absolute atomic E-state index is 9.80. The monoisotopic (exact) mass is 219 g/mol. The molecular weight excluding hydrogens is 198 g/mol. The van der Waals surface area contributed by atoms with E-state index < -0.39 is 0 Å². The Morgan fingerprint density at radius 1 is 1.38 bits per heavy atom. The van der Waals surface area contributed by atoms with E-state index in [1.807, 2.05) is 25.1 Å². The van der Waals surface area contributed by atoms with Crippen LogP contribution in [0.4, 0.5) is 0 Å². The molecule has 0 radical (unpaired) electrons. The van der Waals surface area contributed by atoms with E-state index in [0.717, 1.165) is 17.5 Å². The Morgan fingerprint density at radius 3 is 2.62 bits per heavy atom. The fourth-order valence-corrected chi connectivity index (χ4v) is 1.62. The quantitative estimate of drug-likeness (QED) is 0.746. The van der Waals surface area contributed by atoms with Gasteiger partial charge in [0.05, 0.1) is 0 Å². The highest BCUT2D eigenvalue weighted by Crippen LogP contribution is 2.21. The first-order valence-electron chi connectivity index (χ1n) is 5.68. The van der Waals surface area contributed by atoms with Gasteiger partial charge in [-0.1, -0.05) is 12.1 Å². The van der Waals surface area contributed by atoms with Crippen LogP contribution in [0, 0.1) is 13.8 Å². The van der Waals surface area contributed by atoms with Crippen molar-refractivity contribution in [1.82, 2.24) is 5.32 Å². The van der Waals surface area contributed by atoms with Crippen LogP contribution in [0.3, 0.4) is 0 Å². The standard InChI is InChI=1S/C14H21NO/c1-5-6-12(4)15-9-13-7-10(2)11(3)8-14(13)16/h5,7-8,12,15-16H,1,6,9H2,2-4H3. The predicted molar refractivity (Wildman–Crippen MR) is 68.7 cm³/mol. The minimum atomic E-state index is 0.376. The SMILES string of the molecule is C=CCC(C)NCc1cc(C)c(C)cc1O. The minimum absolute atomic E-state index is 0.376. The van der Waals surface area contributed by atoms with Gasteiger partial charge in [-0.15, -0.1) is 6.58 Å². The van der Waals surface area contributed by atoms with Gasteiger partial charge >= 0.3 is 0 Å². The van der Waals surface area contributed by atoms with Crippen LogP contribution >= 0.6 is 0 Å². The summed E-state index contributed by atoms with van der Waals surface area (Å²) >= 11 is 0. The molecule has 2 nitrogen and oxygen atoms in total. The Morgan fingerprint density at radius 2 is 2.00 bits per heavy atom. The number of phenolic OH excluding ortho intramolecular Hbond substituents is 1. The lowest BCUT2D eigenvalue weighted by Gasteiger charge is -2.13. The molecule has 1 unspecified atom stereocenters. The fourth-order valence-electron chi connectivity index (χ4n) is 1.62. The highest BCUT2D eigenvalue weighted by Gasteiger charge is 2.05. The Hall–Kier alpha value is -1.28. The molecule has 0 heterocycles. The van der Waals surface area contributed by atoms with E-state index >= 15 is 0 Å². The van der Waals surface area contributed by atoms with E-state index in [9.17, 15) is 5.11 Å². The van der Waals surface area contributed by atoms with Crippen molar-refractivity contribution in [3.05, 3.63) is 41.5 Å². The van der Waals surface area contributed by atoms with Crippen LogP contribution in [0.2, 0.25) is 0 Å². The lowest BCUT2D eigenvalue weighted by Crippen LogP contribution is -2.24. The molecule has 0 aliphatic carbocycles.